The minimum absolute atomic E-state index is 0.0685. The Morgan fingerprint density at radius 2 is 1.78 bits per heavy atom. The van der Waals surface area contributed by atoms with Gasteiger partial charge in [0.25, 0.3) is 0 Å². The number of nitrogens with zero attached hydrogens (tertiary/aromatic N) is 1. The Morgan fingerprint density at radius 1 is 1.11 bits per heavy atom. The molecule has 18 heavy (non-hydrogen) atoms. The SMILES string of the molecule is CC.Cc1cccc(-c2ccnc(C(=O)O)c2)c1. The molecule has 0 aliphatic rings. The lowest BCUT2D eigenvalue weighted by atomic mass is 10.0. The molecule has 3 nitrogen and oxygen atoms in total. The van der Waals surface area contributed by atoms with E-state index in [0.29, 0.717) is 0 Å². The van der Waals surface area contributed by atoms with Crippen LogP contribution in [0.3, 0.4) is 0 Å². The molecule has 1 heterocycles. The van der Waals surface area contributed by atoms with Crippen LogP contribution in [0.15, 0.2) is 42.6 Å². The van der Waals surface area contributed by atoms with Crippen LogP contribution in [0.2, 0.25) is 0 Å². The van der Waals surface area contributed by atoms with Gasteiger partial charge in [-0.3, -0.25) is 0 Å². The first-order valence-corrected chi connectivity index (χ1v) is 5.93. The minimum atomic E-state index is -1.01. The first-order chi connectivity index (χ1) is 8.66. The van der Waals surface area contributed by atoms with Crippen molar-refractivity contribution in [1.82, 2.24) is 4.98 Å². The van der Waals surface area contributed by atoms with Gasteiger partial charge in [-0.05, 0) is 30.2 Å². The van der Waals surface area contributed by atoms with Crippen LogP contribution in [0.1, 0.15) is 29.9 Å². The van der Waals surface area contributed by atoms with E-state index >= 15 is 0 Å². The monoisotopic (exact) mass is 243 g/mol. The fraction of sp³-hybridized carbons (Fsp3) is 0.200. The highest BCUT2D eigenvalue weighted by atomic mass is 16.4. The van der Waals surface area contributed by atoms with E-state index in [2.05, 4.69) is 4.98 Å². The summed E-state index contributed by atoms with van der Waals surface area (Å²) in [7, 11) is 0. The molecule has 0 saturated carbocycles. The van der Waals surface area contributed by atoms with E-state index in [0.717, 1.165) is 16.7 Å². The smallest absolute Gasteiger partial charge is 0.354 e. The number of aromatic nitrogens is 1. The third kappa shape index (κ3) is 3.42. The minimum Gasteiger partial charge on any atom is -0.477 e. The van der Waals surface area contributed by atoms with Crippen LogP contribution >= 0.6 is 0 Å². The van der Waals surface area contributed by atoms with Crippen LogP contribution in [-0.2, 0) is 0 Å². The van der Waals surface area contributed by atoms with Crippen molar-refractivity contribution in [2.45, 2.75) is 20.8 Å². The number of hydrogen-bond acceptors (Lipinski definition) is 2. The number of benzene rings is 1. The van der Waals surface area contributed by atoms with Crippen molar-refractivity contribution in [2.75, 3.05) is 0 Å². The van der Waals surface area contributed by atoms with E-state index in [1.165, 1.54) is 6.20 Å². The highest BCUT2D eigenvalue weighted by Gasteiger charge is 2.06. The van der Waals surface area contributed by atoms with Crippen LogP contribution in [0.5, 0.6) is 0 Å². The summed E-state index contributed by atoms with van der Waals surface area (Å²) in [5, 5.41) is 8.85. The van der Waals surface area contributed by atoms with Gasteiger partial charge in [0, 0.05) is 6.20 Å². The van der Waals surface area contributed by atoms with Crippen molar-refractivity contribution in [1.29, 1.82) is 0 Å². The first-order valence-electron chi connectivity index (χ1n) is 5.93. The molecular formula is C15H17NO2. The van der Waals surface area contributed by atoms with Crippen LogP contribution in [0.25, 0.3) is 11.1 Å². The number of aromatic carboxylic acids is 1. The molecule has 0 saturated heterocycles. The largest absolute Gasteiger partial charge is 0.477 e. The maximum Gasteiger partial charge on any atom is 0.354 e. The Morgan fingerprint density at radius 3 is 2.39 bits per heavy atom. The van der Waals surface area contributed by atoms with Gasteiger partial charge in [-0.2, -0.15) is 0 Å². The first kappa shape index (κ1) is 13.9. The molecule has 0 aliphatic carbocycles. The van der Waals surface area contributed by atoms with Crippen molar-refractivity contribution >= 4 is 5.97 Å². The molecule has 1 aromatic heterocycles. The Labute approximate surface area is 107 Å². The zero-order chi connectivity index (χ0) is 13.5. The van der Waals surface area contributed by atoms with Gasteiger partial charge in [0.15, 0.2) is 0 Å². The average molecular weight is 243 g/mol. The van der Waals surface area contributed by atoms with Crippen LogP contribution in [0, 0.1) is 6.92 Å². The molecule has 1 N–H and O–H groups in total. The lowest BCUT2D eigenvalue weighted by Gasteiger charge is -2.03. The molecule has 0 radical (unpaired) electrons. The second-order valence-corrected chi connectivity index (χ2v) is 3.60. The molecule has 0 unspecified atom stereocenters. The average Bonchev–Trinajstić information content (AvgIpc) is 2.41. The molecule has 2 rings (SSSR count). The molecule has 0 aliphatic heterocycles. The highest BCUT2D eigenvalue weighted by molar-refractivity contribution is 5.87. The quantitative estimate of drug-likeness (QED) is 0.873. The van der Waals surface area contributed by atoms with Gasteiger partial charge < -0.3 is 5.11 Å². The normalized spacial score (nSPS) is 9.28. The molecule has 0 bridgehead atoms. The lowest BCUT2D eigenvalue weighted by Crippen LogP contribution is -1.99. The third-order valence-corrected chi connectivity index (χ3v) is 2.33. The molecular weight excluding hydrogens is 226 g/mol. The maximum atomic E-state index is 10.8. The number of carbonyl (C=O) groups is 1. The van der Waals surface area contributed by atoms with E-state index in [-0.39, 0.29) is 5.69 Å². The van der Waals surface area contributed by atoms with Crippen molar-refractivity contribution < 1.29 is 9.90 Å². The summed E-state index contributed by atoms with van der Waals surface area (Å²) in [5.74, 6) is -1.01. The van der Waals surface area contributed by atoms with Gasteiger partial charge >= 0.3 is 5.97 Å². The molecule has 0 fully saturated rings. The van der Waals surface area contributed by atoms with Crippen molar-refractivity contribution in [3.63, 3.8) is 0 Å². The zero-order valence-corrected chi connectivity index (χ0v) is 10.8. The highest BCUT2D eigenvalue weighted by Crippen LogP contribution is 2.20. The molecule has 2 aromatic rings. The van der Waals surface area contributed by atoms with Gasteiger partial charge in [0.1, 0.15) is 5.69 Å². The Kier molecular flexibility index (Phi) is 5.06. The summed E-state index contributed by atoms with van der Waals surface area (Å²) < 4.78 is 0. The summed E-state index contributed by atoms with van der Waals surface area (Å²) in [5.41, 5.74) is 3.09. The molecule has 1 aromatic carbocycles. The predicted octanol–water partition coefficient (Wildman–Crippen LogP) is 3.78. The van der Waals surface area contributed by atoms with Crippen LogP contribution in [-0.4, -0.2) is 16.1 Å². The van der Waals surface area contributed by atoms with Crippen molar-refractivity contribution in [3.8, 4) is 11.1 Å². The summed E-state index contributed by atoms with van der Waals surface area (Å²) >= 11 is 0. The van der Waals surface area contributed by atoms with Crippen molar-refractivity contribution in [3.05, 3.63) is 53.9 Å². The Hall–Kier alpha value is -2.16. The fourth-order valence-corrected chi connectivity index (χ4v) is 1.55. The van der Waals surface area contributed by atoms with Gasteiger partial charge in [-0.25, -0.2) is 9.78 Å². The van der Waals surface area contributed by atoms with Gasteiger partial charge in [0.2, 0.25) is 0 Å². The van der Waals surface area contributed by atoms with Gasteiger partial charge in [-0.1, -0.05) is 43.7 Å². The number of carboxylic acids is 1. The van der Waals surface area contributed by atoms with E-state index in [1.54, 1.807) is 12.1 Å². The number of pyridine rings is 1. The third-order valence-electron chi connectivity index (χ3n) is 2.33. The Bertz CT molecular complexity index is 536. The molecule has 0 amide bonds. The maximum absolute atomic E-state index is 10.8. The summed E-state index contributed by atoms with van der Waals surface area (Å²) in [4.78, 5) is 14.6. The number of rotatable bonds is 2. The second-order valence-electron chi connectivity index (χ2n) is 3.60. The molecule has 0 spiro atoms. The van der Waals surface area contributed by atoms with Gasteiger partial charge in [0.05, 0.1) is 0 Å². The van der Waals surface area contributed by atoms with Crippen molar-refractivity contribution in [2.24, 2.45) is 0 Å². The van der Waals surface area contributed by atoms with E-state index in [4.69, 9.17) is 5.11 Å². The molecule has 3 heteroatoms. The number of aryl methyl sites for hydroxylation is 1. The number of carboxylic acid groups (broad SMARTS) is 1. The van der Waals surface area contributed by atoms with E-state index in [9.17, 15) is 4.79 Å². The second kappa shape index (κ2) is 6.55. The summed E-state index contributed by atoms with van der Waals surface area (Å²) in [6, 6.07) is 11.3. The Balaban J connectivity index is 0.000000771. The van der Waals surface area contributed by atoms with Crippen LogP contribution < -0.4 is 0 Å². The molecule has 0 atom stereocenters. The standard InChI is InChI=1S/C13H11NO2.C2H6/c1-9-3-2-4-10(7-9)11-5-6-14-12(8-11)13(15)16;1-2/h2-8H,1H3,(H,15,16);1-2H3. The zero-order valence-electron chi connectivity index (χ0n) is 10.8. The predicted molar refractivity (Wildman–Crippen MR) is 72.7 cm³/mol. The van der Waals surface area contributed by atoms with Crippen LogP contribution in [0.4, 0.5) is 0 Å². The summed E-state index contributed by atoms with van der Waals surface area (Å²) in [6.45, 7) is 6.00. The number of hydrogen-bond donors (Lipinski definition) is 1. The van der Waals surface area contributed by atoms with Gasteiger partial charge in [-0.15, -0.1) is 0 Å². The topological polar surface area (TPSA) is 50.2 Å². The van der Waals surface area contributed by atoms with E-state index < -0.39 is 5.97 Å². The van der Waals surface area contributed by atoms with E-state index in [1.807, 2.05) is 45.0 Å². The molecule has 94 valence electrons. The fourth-order valence-electron chi connectivity index (χ4n) is 1.55. The lowest BCUT2D eigenvalue weighted by molar-refractivity contribution is 0.0690. The summed E-state index contributed by atoms with van der Waals surface area (Å²) in [6.07, 6.45) is 1.52.